The standard InChI is InChI=1S/C12H13ClN2O2S/c1-9-8-12(15-18(16,17)7-6-13)10-4-2-3-5-11(10)14-9/h2-5,8H,6-7H2,1H3,(H,14,15). The molecule has 0 amide bonds. The Bertz CT molecular complexity index is 671. The molecule has 4 nitrogen and oxygen atoms in total. The summed E-state index contributed by atoms with van der Waals surface area (Å²) in [5.41, 5.74) is 2.07. The SMILES string of the molecule is Cc1cc(NS(=O)(=O)CCCl)c2ccccc2n1. The van der Waals surface area contributed by atoms with Gasteiger partial charge in [0.05, 0.1) is 17.0 Å². The molecule has 0 fully saturated rings. The number of sulfonamides is 1. The van der Waals surface area contributed by atoms with Crippen molar-refractivity contribution in [3.05, 3.63) is 36.0 Å². The maximum atomic E-state index is 11.7. The third-order valence-corrected chi connectivity index (χ3v) is 4.14. The van der Waals surface area contributed by atoms with Crippen LogP contribution in [0.4, 0.5) is 5.69 Å². The van der Waals surface area contributed by atoms with Gasteiger partial charge in [-0.3, -0.25) is 9.71 Å². The average Bonchev–Trinajstić information content (AvgIpc) is 2.28. The van der Waals surface area contributed by atoms with Gasteiger partial charge in [-0.1, -0.05) is 18.2 Å². The van der Waals surface area contributed by atoms with Crippen molar-refractivity contribution < 1.29 is 8.42 Å². The smallest absolute Gasteiger partial charge is 0.233 e. The molecule has 1 aromatic heterocycles. The van der Waals surface area contributed by atoms with Gasteiger partial charge in [-0.2, -0.15) is 0 Å². The van der Waals surface area contributed by atoms with Crippen molar-refractivity contribution in [3.8, 4) is 0 Å². The number of alkyl halides is 1. The molecule has 2 aromatic rings. The number of hydrogen-bond donors (Lipinski definition) is 1. The molecule has 18 heavy (non-hydrogen) atoms. The molecule has 0 bridgehead atoms. The van der Waals surface area contributed by atoms with Crippen LogP contribution >= 0.6 is 11.6 Å². The summed E-state index contributed by atoms with van der Waals surface area (Å²) in [4.78, 5) is 4.35. The van der Waals surface area contributed by atoms with E-state index in [4.69, 9.17) is 11.6 Å². The lowest BCUT2D eigenvalue weighted by molar-refractivity contribution is 0.602. The largest absolute Gasteiger partial charge is 0.283 e. The fraction of sp³-hybridized carbons (Fsp3) is 0.250. The van der Waals surface area contributed by atoms with Crippen LogP contribution in [0.15, 0.2) is 30.3 Å². The molecule has 1 N–H and O–H groups in total. The fourth-order valence-electron chi connectivity index (χ4n) is 1.71. The second-order valence-electron chi connectivity index (χ2n) is 3.94. The predicted molar refractivity (Wildman–Crippen MR) is 74.6 cm³/mol. The van der Waals surface area contributed by atoms with E-state index in [1.165, 1.54) is 0 Å². The molecule has 0 aliphatic heterocycles. The van der Waals surface area contributed by atoms with Crippen molar-refractivity contribution in [2.24, 2.45) is 0 Å². The Labute approximate surface area is 111 Å². The number of pyridine rings is 1. The molecule has 1 heterocycles. The van der Waals surface area contributed by atoms with E-state index in [0.717, 1.165) is 16.6 Å². The van der Waals surface area contributed by atoms with Crippen LogP contribution in [-0.2, 0) is 10.0 Å². The summed E-state index contributed by atoms with van der Waals surface area (Å²) in [6.45, 7) is 1.83. The lowest BCUT2D eigenvalue weighted by atomic mass is 10.2. The Hall–Kier alpha value is -1.33. The lowest BCUT2D eigenvalue weighted by Gasteiger charge is -2.10. The normalized spacial score (nSPS) is 11.7. The van der Waals surface area contributed by atoms with Crippen LogP contribution in [0.25, 0.3) is 10.9 Å². The minimum absolute atomic E-state index is 0.0668. The first kappa shape index (κ1) is 13.1. The molecule has 0 saturated heterocycles. The monoisotopic (exact) mass is 284 g/mol. The molecule has 0 aliphatic carbocycles. The number of benzene rings is 1. The first-order valence-corrected chi connectivity index (χ1v) is 7.63. The number of rotatable bonds is 4. The van der Waals surface area contributed by atoms with Crippen molar-refractivity contribution in [3.63, 3.8) is 0 Å². The van der Waals surface area contributed by atoms with E-state index < -0.39 is 10.0 Å². The number of nitrogens with one attached hydrogen (secondary N) is 1. The van der Waals surface area contributed by atoms with E-state index >= 15 is 0 Å². The van der Waals surface area contributed by atoms with Gasteiger partial charge in [0.15, 0.2) is 0 Å². The van der Waals surface area contributed by atoms with E-state index in [1.807, 2.05) is 31.2 Å². The Kier molecular flexibility index (Phi) is 3.73. The highest BCUT2D eigenvalue weighted by molar-refractivity contribution is 7.92. The molecule has 6 heteroatoms. The summed E-state index contributed by atoms with van der Waals surface area (Å²) in [5, 5.41) is 0.779. The van der Waals surface area contributed by atoms with E-state index in [-0.39, 0.29) is 11.6 Å². The summed E-state index contributed by atoms with van der Waals surface area (Å²) < 4.78 is 26.0. The molecule has 0 atom stereocenters. The Morgan fingerprint density at radius 3 is 2.78 bits per heavy atom. The first-order chi connectivity index (χ1) is 8.52. The molecule has 0 aliphatic rings. The van der Waals surface area contributed by atoms with Crippen LogP contribution in [0.1, 0.15) is 5.69 Å². The summed E-state index contributed by atoms with van der Waals surface area (Å²) in [6.07, 6.45) is 0. The number of aromatic nitrogens is 1. The number of anilines is 1. The van der Waals surface area contributed by atoms with Crippen LogP contribution in [0.3, 0.4) is 0 Å². The van der Waals surface area contributed by atoms with Crippen molar-refractivity contribution in [2.45, 2.75) is 6.92 Å². The third-order valence-electron chi connectivity index (χ3n) is 2.46. The van der Waals surface area contributed by atoms with Crippen LogP contribution < -0.4 is 4.72 Å². The zero-order valence-electron chi connectivity index (χ0n) is 9.85. The zero-order chi connectivity index (χ0) is 13.2. The van der Waals surface area contributed by atoms with Gasteiger partial charge in [0.2, 0.25) is 10.0 Å². The van der Waals surface area contributed by atoms with Gasteiger partial charge in [-0.15, -0.1) is 11.6 Å². The topological polar surface area (TPSA) is 59.1 Å². The van der Waals surface area contributed by atoms with Gasteiger partial charge in [0, 0.05) is 17.0 Å². The van der Waals surface area contributed by atoms with E-state index in [2.05, 4.69) is 9.71 Å². The van der Waals surface area contributed by atoms with Gasteiger partial charge in [0.1, 0.15) is 0 Å². The highest BCUT2D eigenvalue weighted by Gasteiger charge is 2.12. The van der Waals surface area contributed by atoms with Crippen molar-refractivity contribution in [1.29, 1.82) is 0 Å². The molecule has 0 unspecified atom stereocenters. The average molecular weight is 285 g/mol. The van der Waals surface area contributed by atoms with Crippen LogP contribution in [-0.4, -0.2) is 25.0 Å². The molecule has 0 radical (unpaired) electrons. The van der Waals surface area contributed by atoms with E-state index in [0.29, 0.717) is 5.69 Å². The summed E-state index contributed by atoms with van der Waals surface area (Å²) in [6, 6.07) is 9.11. The van der Waals surface area contributed by atoms with E-state index in [1.54, 1.807) is 6.07 Å². The Balaban J connectivity index is 2.51. The van der Waals surface area contributed by atoms with Crippen LogP contribution in [0.2, 0.25) is 0 Å². The summed E-state index contributed by atoms with van der Waals surface area (Å²) >= 11 is 5.47. The number of hydrogen-bond acceptors (Lipinski definition) is 3. The number of aryl methyl sites for hydroxylation is 1. The third kappa shape index (κ3) is 2.91. The van der Waals surface area contributed by atoms with Crippen molar-refractivity contribution in [1.82, 2.24) is 4.98 Å². The molecule has 96 valence electrons. The quantitative estimate of drug-likeness (QED) is 0.878. The number of halogens is 1. The second-order valence-corrected chi connectivity index (χ2v) is 6.16. The molecule has 1 aromatic carbocycles. The van der Waals surface area contributed by atoms with Crippen molar-refractivity contribution >= 4 is 38.2 Å². The van der Waals surface area contributed by atoms with Crippen molar-refractivity contribution in [2.75, 3.05) is 16.4 Å². The molecule has 0 saturated carbocycles. The van der Waals surface area contributed by atoms with Gasteiger partial charge in [-0.05, 0) is 19.1 Å². The Morgan fingerprint density at radius 1 is 1.33 bits per heavy atom. The first-order valence-electron chi connectivity index (χ1n) is 5.45. The van der Waals surface area contributed by atoms with Crippen LogP contribution in [0, 0.1) is 6.92 Å². The maximum Gasteiger partial charge on any atom is 0.233 e. The lowest BCUT2D eigenvalue weighted by Crippen LogP contribution is -2.17. The highest BCUT2D eigenvalue weighted by Crippen LogP contribution is 2.23. The number of nitrogens with zero attached hydrogens (tertiary/aromatic N) is 1. The molecular weight excluding hydrogens is 272 g/mol. The van der Waals surface area contributed by atoms with Gasteiger partial charge >= 0.3 is 0 Å². The van der Waals surface area contributed by atoms with Crippen LogP contribution in [0.5, 0.6) is 0 Å². The van der Waals surface area contributed by atoms with E-state index in [9.17, 15) is 8.42 Å². The number of para-hydroxylation sites is 1. The highest BCUT2D eigenvalue weighted by atomic mass is 35.5. The zero-order valence-corrected chi connectivity index (χ0v) is 11.4. The Morgan fingerprint density at radius 2 is 2.06 bits per heavy atom. The summed E-state index contributed by atoms with van der Waals surface area (Å²) in [5.74, 6) is -0.0401. The predicted octanol–water partition coefficient (Wildman–Crippen LogP) is 2.52. The maximum absolute atomic E-state index is 11.7. The van der Waals surface area contributed by atoms with Gasteiger partial charge < -0.3 is 0 Å². The minimum atomic E-state index is -3.40. The second kappa shape index (κ2) is 5.12. The van der Waals surface area contributed by atoms with Gasteiger partial charge in [-0.25, -0.2) is 8.42 Å². The fourth-order valence-corrected chi connectivity index (χ4v) is 3.13. The summed E-state index contributed by atoms with van der Waals surface area (Å²) in [7, 11) is -3.40. The molecular formula is C12H13ClN2O2S. The van der Waals surface area contributed by atoms with Gasteiger partial charge in [0.25, 0.3) is 0 Å². The molecule has 2 rings (SSSR count). The number of fused-ring (bicyclic) bond motifs is 1. The molecule has 0 spiro atoms. The minimum Gasteiger partial charge on any atom is -0.283 e.